The van der Waals surface area contributed by atoms with Crippen LogP contribution < -0.4 is 10.6 Å². The molecule has 2 aliphatic rings. The number of aromatic nitrogens is 2. The zero-order valence-corrected chi connectivity index (χ0v) is 13.8. The van der Waals surface area contributed by atoms with Crippen LogP contribution in [0.1, 0.15) is 49.0 Å². The molecule has 126 valence electrons. The second-order valence-electron chi connectivity index (χ2n) is 6.74. The van der Waals surface area contributed by atoms with Crippen molar-refractivity contribution in [3.63, 3.8) is 0 Å². The van der Waals surface area contributed by atoms with Gasteiger partial charge in [-0.1, -0.05) is 12.8 Å². The first kappa shape index (κ1) is 16.2. The van der Waals surface area contributed by atoms with Crippen LogP contribution in [-0.4, -0.2) is 53.5 Å². The smallest absolute Gasteiger partial charge is 0.271 e. The third-order valence-corrected chi connectivity index (χ3v) is 5.04. The summed E-state index contributed by atoms with van der Waals surface area (Å²) in [4.78, 5) is 24.7. The third kappa shape index (κ3) is 4.19. The number of nitrogens with zero attached hydrogens (tertiary/aromatic N) is 4. The molecule has 1 aromatic rings. The Hall–Kier alpha value is -1.69. The van der Waals surface area contributed by atoms with Gasteiger partial charge < -0.3 is 15.5 Å². The highest BCUT2D eigenvalue weighted by Gasteiger charge is 2.25. The van der Waals surface area contributed by atoms with E-state index in [0.717, 1.165) is 31.8 Å². The maximum Gasteiger partial charge on any atom is 0.271 e. The lowest BCUT2D eigenvalue weighted by molar-refractivity contribution is 0.0995. The van der Waals surface area contributed by atoms with E-state index in [-0.39, 0.29) is 0 Å². The fraction of sp³-hybridized carbons (Fsp3) is 0.706. The van der Waals surface area contributed by atoms with Crippen molar-refractivity contribution in [2.24, 2.45) is 11.7 Å². The Morgan fingerprint density at radius 1 is 1.04 bits per heavy atom. The molecule has 0 atom stereocenters. The Morgan fingerprint density at radius 3 is 2.35 bits per heavy atom. The Bertz CT molecular complexity index is 519. The van der Waals surface area contributed by atoms with Crippen LogP contribution in [0.5, 0.6) is 0 Å². The zero-order chi connectivity index (χ0) is 16.1. The van der Waals surface area contributed by atoms with Gasteiger partial charge in [-0.15, -0.1) is 0 Å². The summed E-state index contributed by atoms with van der Waals surface area (Å²) in [5, 5.41) is 0. The van der Waals surface area contributed by atoms with Gasteiger partial charge in [0.2, 0.25) is 0 Å². The van der Waals surface area contributed by atoms with Crippen molar-refractivity contribution in [2.45, 2.75) is 38.5 Å². The van der Waals surface area contributed by atoms with Crippen LogP contribution in [0.2, 0.25) is 0 Å². The van der Waals surface area contributed by atoms with Crippen LogP contribution >= 0.6 is 0 Å². The molecule has 0 unspecified atom stereocenters. The SMILES string of the molecule is NC(=O)c1nccnc1N1CCC(CN2CCCCCC2)CC1. The van der Waals surface area contributed by atoms with Gasteiger partial charge in [-0.25, -0.2) is 9.97 Å². The van der Waals surface area contributed by atoms with Crippen LogP contribution in [0.25, 0.3) is 0 Å². The van der Waals surface area contributed by atoms with E-state index in [9.17, 15) is 4.79 Å². The number of carbonyl (C=O) groups is 1. The maximum absolute atomic E-state index is 11.5. The molecule has 0 bridgehead atoms. The van der Waals surface area contributed by atoms with Crippen LogP contribution in [-0.2, 0) is 0 Å². The van der Waals surface area contributed by atoms with Gasteiger partial charge in [0.05, 0.1) is 0 Å². The molecule has 0 radical (unpaired) electrons. The molecule has 3 heterocycles. The molecule has 0 aromatic carbocycles. The Labute approximate surface area is 138 Å². The number of hydrogen-bond donors (Lipinski definition) is 1. The van der Waals surface area contributed by atoms with Crippen molar-refractivity contribution in [2.75, 3.05) is 37.6 Å². The summed E-state index contributed by atoms with van der Waals surface area (Å²) >= 11 is 0. The molecule has 3 rings (SSSR count). The van der Waals surface area contributed by atoms with Crippen molar-refractivity contribution in [3.8, 4) is 0 Å². The Kier molecular flexibility index (Phi) is 5.43. The molecule has 2 fully saturated rings. The van der Waals surface area contributed by atoms with E-state index in [0.29, 0.717) is 11.5 Å². The van der Waals surface area contributed by atoms with Crippen LogP contribution in [0.3, 0.4) is 0 Å². The quantitative estimate of drug-likeness (QED) is 0.914. The molecule has 2 aliphatic heterocycles. The molecule has 23 heavy (non-hydrogen) atoms. The van der Waals surface area contributed by atoms with E-state index in [2.05, 4.69) is 19.8 Å². The van der Waals surface area contributed by atoms with Gasteiger partial charge in [-0.3, -0.25) is 4.79 Å². The van der Waals surface area contributed by atoms with E-state index >= 15 is 0 Å². The highest BCUT2D eigenvalue weighted by Crippen LogP contribution is 2.24. The van der Waals surface area contributed by atoms with Gasteiger partial charge >= 0.3 is 0 Å². The molecule has 0 saturated carbocycles. The molecule has 2 saturated heterocycles. The summed E-state index contributed by atoms with van der Waals surface area (Å²) < 4.78 is 0. The predicted molar refractivity (Wildman–Crippen MR) is 90.4 cm³/mol. The van der Waals surface area contributed by atoms with E-state index in [1.54, 1.807) is 6.20 Å². The van der Waals surface area contributed by atoms with Gasteiger partial charge in [0.1, 0.15) is 0 Å². The molecule has 0 aliphatic carbocycles. The van der Waals surface area contributed by atoms with Gasteiger partial charge in [0, 0.05) is 32.0 Å². The molecule has 6 nitrogen and oxygen atoms in total. The second kappa shape index (κ2) is 7.73. The summed E-state index contributed by atoms with van der Waals surface area (Å²) in [6.07, 6.45) is 10.9. The fourth-order valence-electron chi connectivity index (χ4n) is 3.75. The number of primary amides is 1. The molecule has 2 N–H and O–H groups in total. The van der Waals surface area contributed by atoms with Gasteiger partial charge in [0.25, 0.3) is 5.91 Å². The Morgan fingerprint density at radius 2 is 1.70 bits per heavy atom. The predicted octanol–water partition coefficient (Wildman–Crippen LogP) is 1.67. The number of piperidine rings is 1. The first-order valence-corrected chi connectivity index (χ1v) is 8.82. The number of rotatable bonds is 4. The third-order valence-electron chi connectivity index (χ3n) is 5.04. The summed E-state index contributed by atoms with van der Waals surface area (Å²) in [7, 11) is 0. The number of amides is 1. The number of likely N-dealkylation sites (tertiary alicyclic amines) is 1. The summed E-state index contributed by atoms with van der Waals surface area (Å²) in [5.74, 6) is 0.895. The van der Waals surface area contributed by atoms with E-state index < -0.39 is 5.91 Å². The molecule has 1 aromatic heterocycles. The molecular weight excluding hydrogens is 290 g/mol. The minimum Gasteiger partial charge on any atom is -0.364 e. The van der Waals surface area contributed by atoms with Crippen LogP contribution in [0, 0.1) is 5.92 Å². The van der Waals surface area contributed by atoms with Gasteiger partial charge in [-0.2, -0.15) is 0 Å². The second-order valence-corrected chi connectivity index (χ2v) is 6.74. The normalized spacial score (nSPS) is 21.1. The number of carbonyl (C=O) groups excluding carboxylic acids is 1. The van der Waals surface area contributed by atoms with Gasteiger partial charge in [0.15, 0.2) is 11.5 Å². The first-order valence-electron chi connectivity index (χ1n) is 8.82. The largest absolute Gasteiger partial charge is 0.364 e. The van der Waals surface area contributed by atoms with Crippen molar-refractivity contribution in [1.29, 1.82) is 0 Å². The highest BCUT2D eigenvalue weighted by atomic mass is 16.1. The van der Waals surface area contributed by atoms with Crippen LogP contribution in [0.15, 0.2) is 12.4 Å². The van der Waals surface area contributed by atoms with Crippen molar-refractivity contribution < 1.29 is 4.79 Å². The molecular formula is C17H27N5O. The van der Waals surface area contributed by atoms with E-state index in [1.165, 1.54) is 51.5 Å². The molecule has 1 amide bonds. The number of anilines is 1. The van der Waals surface area contributed by atoms with Crippen molar-refractivity contribution in [1.82, 2.24) is 14.9 Å². The minimum absolute atomic E-state index is 0.290. The van der Waals surface area contributed by atoms with E-state index in [4.69, 9.17) is 5.73 Å². The highest BCUT2D eigenvalue weighted by molar-refractivity contribution is 5.95. The first-order chi connectivity index (χ1) is 11.2. The van der Waals surface area contributed by atoms with Crippen molar-refractivity contribution >= 4 is 11.7 Å². The van der Waals surface area contributed by atoms with Gasteiger partial charge in [-0.05, 0) is 44.7 Å². The number of nitrogens with two attached hydrogens (primary N) is 1. The van der Waals surface area contributed by atoms with Crippen LogP contribution in [0.4, 0.5) is 5.82 Å². The molecule has 6 heteroatoms. The standard InChI is InChI=1S/C17H27N5O/c18-16(23)15-17(20-8-7-19-15)22-11-5-14(6-12-22)13-21-9-3-1-2-4-10-21/h7-8,14H,1-6,9-13H2,(H2,18,23). The maximum atomic E-state index is 11.5. The average Bonchev–Trinajstić information content (AvgIpc) is 2.84. The fourth-order valence-corrected chi connectivity index (χ4v) is 3.75. The summed E-state index contributed by atoms with van der Waals surface area (Å²) in [6, 6.07) is 0. The lowest BCUT2D eigenvalue weighted by Crippen LogP contribution is -2.40. The zero-order valence-electron chi connectivity index (χ0n) is 13.8. The Balaban J connectivity index is 1.55. The average molecular weight is 317 g/mol. The summed E-state index contributed by atoms with van der Waals surface area (Å²) in [5.41, 5.74) is 5.70. The lowest BCUT2D eigenvalue weighted by atomic mass is 9.96. The van der Waals surface area contributed by atoms with Crippen molar-refractivity contribution in [3.05, 3.63) is 18.1 Å². The molecule has 0 spiro atoms. The van der Waals surface area contributed by atoms with E-state index in [1.807, 2.05) is 0 Å². The number of hydrogen-bond acceptors (Lipinski definition) is 5. The minimum atomic E-state index is -0.500. The lowest BCUT2D eigenvalue weighted by Gasteiger charge is -2.35. The summed E-state index contributed by atoms with van der Waals surface area (Å²) in [6.45, 7) is 5.60. The monoisotopic (exact) mass is 317 g/mol. The topological polar surface area (TPSA) is 75.3 Å².